The molecule has 1 aliphatic rings. The number of benzene rings is 2. The van der Waals surface area contributed by atoms with Crippen LogP contribution >= 0.6 is 11.6 Å². The van der Waals surface area contributed by atoms with Gasteiger partial charge in [0.05, 0.1) is 38.9 Å². The summed E-state index contributed by atoms with van der Waals surface area (Å²) in [5, 5.41) is 12.9. The van der Waals surface area contributed by atoms with Crippen molar-refractivity contribution in [1.29, 1.82) is 5.26 Å². The van der Waals surface area contributed by atoms with E-state index in [2.05, 4.69) is 26.3 Å². The number of H-pyrrole nitrogens is 1. The Morgan fingerprint density at radius 3 is 2.58 bits per heavy atom. The van der Waals surface area contributed by atoms with E-state index in [9.17, 15) is 22.8 Å². The molecular formula is C28H20ClF4N5. The van der Waals surface area contributed by atoms with Gasteiger partial charge in [-0.3, -0.25) is 4.98 Å². The summed E-state index contributed by atoms with van der Waals surface area (Å²) in [4.78, 5) is 12.1. The fourth-order valence-corrected chi connectivity index (χ4v) is 4.81. The summed E-state index contributed by atoms with van der Waals surface area (Å²) in [5.41, 5.74) is -0.686. The summed E-state index contributed by atoms with van der Waals surface area (Å²) in [5.74, 6) is -0.922. The van der Waals surface area contributed by atoms with Gasteiger partial charge in [-0.2, -0.15) is 18.4 Å². The fourth-order valence-electron chi connectivity index (χ4n) is 4.70. The van der Waals surface area contributed by atoms with Gasteiger partial charge in [0.15, 0.2) is 0 Å². The summed E-state index contributed by atoms with van der Waals surface area (Å²) in [6.07, 6.45) is 5.15. The Bertz CT molecular complexity index is 1580. The molecule has 5 nitrogen and oxygen atoms in total. The monoisotopic (exact) mass is 537 g/mol. The zero-order valence-electron chi connectivity index (χ0n) is 19.7. The quantitative estimate of drug-likeness (QED) is 0.249. The van der Waals surface area contributed by atoms with Crippen LogP contribution in [0.3, 0.4) is 0 Å². The van der Waals surface area contributed by atoms with E-state index in [0.717, 1.165) is 12.1 Å². The van der Waals surface area contributed by atoms with Crippen LogP contribution in [0.5, 0.6) is 0 Å². The molecule has 2 atom stereocenters. The maximum atomic E-state index is 14.8. The molecule has 0 amide bonds. The molecule has 10 heteroatoms. The van der Waals surface area contributed by atoms with Crippen LogP contribution in [0.2, 0.25) is 5.02 Å². The minimum atomic E-state index is -4.77. The standard InChI is InChI=1S/C28H20ClF4N5/c29-21-7-9-25(35-16-21)27(14-17-4-2-1-3-5-17,19-11-20(28(31,32)33)13-22(30)12-19)38-26-36-23-8-6-18(15-34)10-24(23)37-26/h1-4,6-13,16-17H,5,14H2,(H2,36,37,38)/t17?,27-/m1/s1. The predicted molar refractivity (Wildman–Crippen MR) is 137 cm³/mol. The Morgan fingerprint density at radius 2 is 1.89 bits per heavy atom. The van der Waals surface area contributed by atoms with Crippen LogP contribution in [0.4, 0.5) is 23.5 Å². The van der Waals surface area contributed by atoms with Gasteiger partial charge < -0.3 is 10.3 Å². The minimum absolute atomic E-state index is 0.0285. The number of imidazole rings is 1. The van der Waals surface area contributed by atoms with Crippen LogP contribution in [-0.2, 0) is 11.7 Å². The van der Waals surface area contributed by atoms with E-state index in [4.69, 9.17) is 11.6 Å². The van der Waals surface area contributed by atoms with Crippen molar-refractivity contribution >= 4 is 28.6 Å². The summed E-state index contributed by atoms with van der Waals surface area (Å²) in [6.45, 7) is 0. The van der Waals surface area contributed by atoms with Gasteiger partial charge in [-0.25, -0.2) is 9.37 Å². The van der Waals surface area contributed by atoms with E-state index in [-0.39, 0.29) is 23.9 Å². The number of hydrogen-bond acceptors (Lipinski definition) is 4. The van der Waals surface area contributed by atoms with Crippen molar-refractivity contribution in [1.82, 2.24) is 15.0 Å². The number of anilines is 1. The molecule has 2 aromatic carbocycles. The third-order valence-electron chi connectivity index (χ3n) is 6.46. The van der Waals surface area contributed by atoms with Gasteiger partial charge in [-0.05, 0) is 72.9 Å². The number of pyridine rings is 1. The second-order valence-corrected chi connectivity index (χ2v) is 9.50. The molecule has 2 heterocycles. The Morgan fingerprint density at radius 1 is 1.08 bits per heavy atom. The minimum Gasteiger partial charge on any atom is -0.341 e. The van der Waals surface area contributed by atoms with E-state index in [1.807, 2.05) is 24.3 Å². The number of aromatic amines is 1. The first kappa shape index (κ1) is 25.5. The van der Waals surface area contributed by atoms with Gasteiger partial charge in [0.2, 0.25) is 5.95 Å². The molecule has 38 heavy (non-hydrogen) atoms. The molecule has 0 aliphatic heterocycles. The molecule has 5 rings (SSSR count). The van der Waals surface area contributed by atoms with Crippen molar-refractivity contribution in [2.75, 3.05) is 5.32 Å². The molecule has 0 bridgehead atoms. The third-order valence-corrected chi connectivity index (χ3v) is 6.69. The van der Waals surface area contributed by atoms with Crippen LogP contribution in [0.25, 0.3) is 11.0 Å². The maximum absolute atomic E-state index is 14.8. The largest absolute Gasteiger partial charge is 0.416 e. The molecule has 0 radical (unpaired) electrons. The maximum Gasteiger partial charge on any atom is 0.416 e. The molecule has 192 valence electrons. The Hall–Kier alpha value is -4.16. The first-order valence-corrected chi connectivity index (χ1v) is 12.1. The third kappa shape index (κ3) is 5.13. The fraction of sp³-hybridized carbons (Fsp3) is 0.179. The SMILES string of the molecule is N#Cc1ccc2nc(N[C@](CC3C=CC=CC3)(c3cc(F)cc(C(F)(F)F)c3)c3ccc(Cl)cn3)[nH]c2c1. The van der Waals surface area contributed by atoms with E-state index in [0.29, 0.717) is 39.8 Å². The van der Waals surface area contributed by atoms with Crippen molar-refractivity contribution in [3.63, 3.8) is 0 Å². The summed E-state index contributed by atoms with van der Waals surface area (Å²) < 4.78 is 56.2. The van der Waals surface area contributed by atoms with Gasteiger partial charge in [0.1, 0.15) is 11.4 Å². The average molecular weight is 538 g/mol. The molecule has 0 spiro atoms. The number of halogens is 5. The van der Waals surface area contributed by atoms with E-state index < -0.39 is 23.1 Å². The van der Waals surface area contributed by atoms with Gasteiger partial charge >= 0.3 is 6.18 Å². The molecule has 1 aliphatic carbocycles. The number of nitriles is 1. The number of fused-ring (bicyclic) bond motifs is 1. The molecule has 0 saturated heterocycles. The number of nitrogens with one attached hydrogen (secondary N) is 2. The lowest BCUT2D eigenvalue weighted by atomic mass is 9.76. The number of nitrogens with zero attached hydrogens (tertiary/aromatic N) is 3. The molecule has 2 N–H and O–H groups in total. The lowest BCUT2D eigenvalue weighted by molar-refractivity contribution is -0.137. The van der Waals surface area contributed by atoms with Gasteiger partial charge in [0.25, 0.3) is 0 Å². The Labute approximate surface area is 220 Å². The lowest BCUT2D eigenvalue weighted by Gasteiger charge is -2.38. The molecular weight excluding hydrogens is 518 g/mol. The van der Waals surface area contributed by atoms with Crippen molar-refractivity contribution in [2.24, 2.45) is 5.92 Å². The summed E-state index contributed by atoms with van der Waals surface area (Å²) in [7, 11) is 0. The van der Waals surface area contributed by atoms with Crippen LogP contribution in [0.1, 0.15) is 35.2 Å². The first-order valence-electron chi connectivity index (χ1n) is 11.7. The smallest absolute Gasteiger partial charge is 0.341 e. The normalized spacial score (nSPS) is 16.8. The summed E-state index contributed by atoms with van der Waals surface area (Å²) in [6, 6.07) is 12.6. The van der Waals surface area contributed by atoms with Crippen molar-refractivity contribution in [2.45, 2.75) is 24.6 Å². The van der Waals surface area contributed by atoms with Gasteiger partial charge in [-0.1, -0.05) is 35.9 Å². The number of rotatable bonds is 6. The van der Waals surface area contributed by atoms with Gasteiger partial charge in [0, 0.05) is 6.20 Å². The zero-order valence-corrected chi connectivity index (χ0v) is 20.5. The van der Waals surface area contributed by atoms with Crippen molar-refractivity contribution < 1.29 is 17.6 Å². The van der Waals surface area contributed by atoms with Crippen molar-refractivity contribution in [3.05, 3.63) is 112 Å². The van der Waals surface area contributed by atoms with E-state index >= 15 is 0 Å². The van der Waals surface area contributed by atoms with E-state index in [1.165, 1.54) is 6.20 Å². The van der Waals surface area contributed by atoms with Crippen LogP contribution in [-0.4, -0.2) is 15.0 Å². The highest BCUT2D eigenvalue weighted by atomic mass is 35.5. The highest BCUT2D eigenvalue weighted by molar-refractivity contribution is 6.30. The predicted octanol–water partition coefficient (Wildman–Crippen LogP) is 7.52. The van der Waals surface area contributed by atoms with Crippen LogP contribution < -0.4 is 5.32 Å². The Balaban J connectivity index is 1.74. The molecule has 2 aromatic heterocycles. The second kappa shape index (κ2) is 9.95. The molecule has 1 unspecified atom stereocenters. The van der Waals surface area contributed by atoms with Crippen LogP contribution in [0.15, 0.2) is 79.0 Å². The average Bonchev–Trinajstić information content (AvgIpc) is 3.29. The first-order chi connectivity index (χ1) is 18.2. The molecule has 4 aromatic rings. The topological polar surface area (TPSA) is 77.4 Å². The molecule has 0 fully saturated rings. The number of aromatic nitrogens is 3. The lowest BCUT2D eigenvalue weighted by Crippen LogP contribution is -2.40. The van der Waals surface area contributed by atoms with E-state index in [1.54, 1.807) is 30.3 Å². The molecule has 0 saturated carbocycles. The Kier molecular flexibility index (Phi) is 6.67. The number of allylic oxidation sites excluding steroid dienone is 4. The number of hydrogen-bond donors (Lipinski definition) is 2. The van der Waals surface area contributed by atoms with Crippen molar-refractivity contribution in [3.8, 4) is 6.07 Å². The van der Waals surface area contributed by atoms with Crippen LogP contribution in [0, 0.1) is 23.1 Å². The zero-order chi connectivity index (χ0) is 26.9. The van der Waals surface area contributed by atoms with Gasteiger partial charge in [-0.15, -0.1) is 0 Å². The second-order valence-electron chi connectivity index (χ2n) is 9.06. The number of alkyl halides is 3. The summed E-state index contributed by atoms with van der Waals surface area (Å²) >= 11 is 6.10. The highest BCUT2D eigenvalue weighted by Gasteiger charge is 2.41. The highest BCUT2D eigenvalue weighted by Crippen LogP contribution is 2.42.